The van der Waals surface area contributed by atoms with Crippen LogP contribution in [0.25, 0.3) is 0 Å². The molecule has 0 aliphatic rings. The average Bonchev–Trinajstić information content (AvgIpc) is 2.24. The van der Waals surface area contributed by atoms with Crippen molar-refractivity contribution in [2.75, 3.05) is 0 Å². The molecule has 0 aliphatic heterocycles. The number of aryl methyl sites for hydroxylation is 1. The number of carbonyl (C=O) groups is 2. The molecule has 1 aromatic carbocycles. The summed E-state index contributed by atoms with van der Waals surface area (Å²) in [5, 5.41) is 10.8. The van der Waals surface area contributed by atoms with E-state index in [0.717, 1.165) is 0 Å². The van der Waals surface area contributed by atoms with Crippen LogP contribution >= 0.6 is 15.9 Å². The summed E-state index contributed by atoms with van der Waals surface area (Å²) in [5.74, 6) is -2.63. The number of amides is 1. The van der Waals surface area contributed by atoms with Crippen molar-refractivity contribution in [3.63, 3.8) is 0 Å². The van der Waals surface area contributed by atoms with Crippen LogP contribution < -0.4 is 5.32 Å². The molecule has 0 spiro atoms. The second kappa shape index (κ2) is 5.27. The number of carbonyl (C=O) groups excluding carboxylic acids is 1. The molecular weight excluding hydrogens is 293 g/mol. The number of halogens is 2. The van der Waals surface area contributed by atoms with Crippen LogP contribution in [0.2, 0.25) is 0 Å². The summed E-state index contributed by atoms with van der Waals surface area (Å²) in [6.07, 6.45) is 0. The van der Waals surface area contributed by atoms with Gasteiger partial charge in [0.25, 0.3) is 5.91 Å². The van der Waals surface area contributed by atoms with Crippen LogP contribution in [-0.2, 0) is 4.79 Å². The predicted octanol–water partition coefficient (Wildman–Crippen LogP) is 2.10. The van der Waals surface area contributed by atoms with Crippen molar-refractivity contribution in [3.8, 4) is 0 Å². The van der Waals surface area contributed by atoms with Crippen LogP contribution in [-0.4, -0.2) is 23.0 Å². The molecular formula is C11H11BrFNO3. The highest BCUT2D eigenvalue weighted by molar-refractivity contribution is 9.10. The number of carboxylic acid groups (broad SMARTS) is 1. The molecule has 1 unspecified atom stereocenters. The lowest BCUT2D eigenvalue weighted by atomic mass is 10.1. The first-order valence-corrected chi connectivity index (χ1v) is 5.62. The Bertz CT molecular complexity index is 476. The summed E-state index contributed by atoms with van der Waals surface area (Å²) in [5.41, 5.74) is 0.512. The first-order chi connectivity index (χ1) is 7.84. The minimum Gasteiger partial charge on any atom is -0.480 e. The van der Waals surface area contributed by atoms with Gasteiger partial charge in [0.05, 0.1) is 5.56 Å². The van der Waals surface area contributed by atoms with Crippen molar-refractivity contribution >= 4 is 27.8 Å². The zero-order chi connectivity index (χ0) is 13.2. The molecule has 4 nitrogen and oxygen atoms in total. The topological polar surface area (TPSA) is 66.4 Å². The Hall–Kier alpha value is -1.43. The fraction of sp³-hybridized carbons (Fsp3) is 0.273. The Kier molecular flexibility index (Phi) is 4.22. The van der Waals surface area contributed by atoms with Crippen molar-refractivity contribution in [3.05, 3.63) is 33.5 Å². The summed E-state index contributed by atoms with van der Waals surface area (Å²) in [6, 6.07) is 1.62. The van der Waals surface area contributed by atoms with E-state index in [1.165, 1.54) is 19.1 Å². The molecule has 0 bridgehead atoms. The van der Waals surface area contributed by atoms with E-state index in [1.807, 2.05) is 0 Å². The highest BCUT2D eigenvalue weighted by Gasteiger charge is 2.21. The van der Waals surface area contributed by atoms with Gasteiger partial charge in [0, 0.05) is 4.47 Å². The monoisotopic (exact) mass is 303 g/mol. The number of carboxylic acids is 1. The van der Waals surface area contributed by atoms with E-state index in [-0.39, 0.29) is 5.56 Å². The molecule has 0 radical (unpaired) electrons. The van der Waals surface area contributed by atoms with E-state index in [1.54, 1.807) is 6.92 Å². The summed E-state index contributed by atoms with van der Waals surface area (Å²) in [4.78, 5) is 22.3. The fourth-order valence-electron chi connectivity index (χ4n) is 1.20. The molecule has 6 heteroatoms. The number of benzene rings is 1. The molecule has 0 fully saturated rings. The number of nitrogens with one attached hydrogen (secondary N) is 1. The Morgan fingerprint density at radius 2 is 2.06 bits per heavy atom. The van der Waals surface area contributed by atoms with Gasteiger partial charge in [0.2, 0.25) is 0 Å². The fourth-order valence-corrected chi connectivity index (χ4v) is 1.70. The normalized spacial score (nSPS) is 12.0. The number of hydrogen-bond acceptors (Lipinski definition) is 2. The van der Waals surface area contributed by atoms with Crippen LogP contribution in [0.4, 0.5) is 4.39 Å². The average molecular weight is 304 g/mol. The molecule has 1 atom stereocenters. The van der Waals surface area contributed by atoms with E-state index >= 15 is 0 Å². The third-order valence-corrected chi connectivity index (χ3v) is 3.25. The maximum absolute atomic E-state index is 13.5. The summed E-state index contributed by atoms with van der Waals surface area (Å²) < 4.78 is 13.8. The maximum Gasteiger partial charge on any atom is 0.325 e. The van der Waals surface area contributed by atoms with Gasteiger partial charge in [0.15, 0.2) is 0 Å². The SMILES string of the molecule is Cc1ccc(F)c(C(=O)NC(C)C(=O)O)c1Br. The second-order valence-electron chi connectivity index (χ2n) is 3.59. The van der Waals surface area contributed by atoms with Gasteiger partial charge < -0.3 is 10.4 Å². The third kappa shape index (κ3) is 3.03. The van der Waals surface area contributed by atoms with Gasteiger partial charge in [-0.1, -0.05) is 6.07 Å². The van der Waals surface area contributed by atoms with Crippen molar-refractivity contribution in [1.29, 1.82) is 0 Å². The number of hydrogen-bond donors (Lipinski definition) is 2. The minimum absolute atomic E-state index is 0.182. The highest BCUT2D eigenvalue weighted by atomic mass is 79.9. The van der Waals surface area contributed by atoms with E-state index in [2.05, 4.69) is 21.2 Å². The first kappa shape index (κ1) is 13.6. The van der Waals surface area contributed by atoms with Crippen LogP contribution in [0.1, 0.15) is 22.8 Å². The standard InChI is InChI=1S/C11H11BrFNO3/c1-5-3-4-7(13)8(9(5)12)10(15)14-6(2)11(16)17/h3-4,6H,1-2H3,(H,14,15)(H,16,17). The van der Waals surface area contributed by atoms with Crippen molar-refractivity contribution in [1.82, 2.24) is 5.32 Å². The molecule has 17 heavy (non-hydrogen) atoms. The van der Waals surface area contributed by atoms with Crippen molar-refractivity contribution in [2.24, 2.45) is 0 Å². The van der Waals surface area contributed by atoms with Gasteiger partial charge >= 0.3 is 5.97 Å². The van der Waals surface area contributed by atoms with Gasteiger partial charge in [-0.25, -0.2) is 4.39 Å². The largest absolute Gasteiger partial charge is 0.480 e. The predicted molar refractivity (Wildman–Crippen MR) is 63.4 cm³/mol. The lowest BCUT2D eigenvalue weighted by molar-refractivity contribution is -0.138. The Morgan fingerprint density at radius 3 is 2.59 bits per heavy atom. The molecule has 0 saturated carbocycles. The van der Waals surface area contributed by atoms with Gasteiger partial charge in [-0.3, -0.25) is 9.59 Å². The number of rotatable bonds is 3. The van der Waals surface area contributed by atoms with Crippen LogP contribution in [0.3, 0.4) is 0 Å². The molecule has 1 amide bonds. The Labute approximate surface area is 106 Å². The Balaban J connectivity index is 3.05. The second-order valence-corrected chi connectivity index (χ2v) is 4.38. The molecule has 0 heterocycles. The molecule has 0 saturated heterocycles. The zero-order valence-corrected chi connectivity index (χ0v) is 10.8. The third-order valence-electron chi connectivity index (χ3n) is 2.23. The van der Waals surface area contributed by atoms with Crippen molar-refractivity contribution < 1.29 is 19.1 Å². The van der Waals surface area contributed by atoms with Crippen LogP contribution in [0.15, 0.2) is 16.6 Å². The maximum atomic E-state index is 13.5. The number of aliphatic carboxylic acids is 1. The van der Waals surface area contributed by atoms with E-state index < -0.39 is 23.7 Å². The lowest BCUT2D eigenvalue weighted by Crippen LogP contribution is -2.38. The molecule has 0 aliphatic carbocycles. The Morgan fingerprint density at radius 1 is 1.47 bits per heavy atom. The quantitative estimate of drug-likeness (QED) is 0.898. The van der Waals surface area contributed by atoms with Crippen LogP contribution in [0.5, 0.6) is 0 Å². The van der Waals surface area contributed by atoms with Crippen molar-refractivity contribution in [2.45, 2.75) is 19.9 Å². The van der Waals surface area contributed by atoms with E-state index in [0.29, 0.717) is 10.0 Å². The zero-order valence-electron chi connectivity index (χ0n) is 9.25. The molecule has 1 aromatic rings. The minimum atomic E-state index is -1.18. The van der Waals surface area contributed by atoms with Gasteiger partial charge in [-0.15, -0.1) is 0 Å². The molecule has 92 valence electrons. The lowest BCUT2D eigenvalue weighted by Gasteiger charge is -2.12. The molecule has 2 N–H and O–H groups in total. The summed E-state index contributed by atoms with van der Waals surface area (Å²) in [7, 11) is 0. The van der Waals surface area contributed by atoms with Gasteiger partial charge in [0.1, 0.15) is 11.9 Å². The summed E-state index contributed by atoms with van der Waals surface area (Å²) >= 11 is 3.11. The first-order valence-electron chi connectivity index (χ1n) is 4.83. The summed E-state index contributed by atoms with van der Waals surface area (Å²) in [6.45, 7) is 3.02. The smallest absolute Gasteiger partial charge is 0.325 e. The highest BCUT2D eigenvalue weighted by Crippen LogP contribution is 2.23. The van der Waals surface area contributed by atoms with E-state index in [9.17, 15) is 14.0 Å². The van der Waals surface area contributed by atoms with Gasteiger partial charge in [-0.05, 0) is 41.4 Å². The van der Waals surface area contributed by atoms with Gasteiger partial charge in [-0.2, -0.15) is 0 Å². The van der Waals surface area contributed by atoms with Crippen LogP contribution in [0, 0.1) is 12.7 Å². The molecule has 1 rings (SSSR count). The molecule has 0 aromatic heterocycles. The van der Waals surface area contributed by atoms with E-state index in [4.69, 9.17) is 5.11 Å².